The summed E-state index contributed by atoms with van der Waals surface area (Å²) in [5.74, 6) is 0.477. The molecule has 2 atom stereocenters. The third kappa shape index (κ3) is 4.05. The van der Waals surface area contributed by atoms with Crippen molar-refractivity contribution < 1.29 is 4.79 Å². The van der Waals surface area contributed by atoms with Crippen molar-refractivity contribution in [2.45, 2.75) is 26.2 Å². The van der Waals surface area contributed by atoms with Gasteiger partial charge in [-0.15, -0.1) is 0 Å². The van der Waals surface area contributed by atoms with Crippen LogP contribution in [-0.4, -0.2) is 10.9 Å². The molecule has 4 heteroatoms. The van der Waals surface area contributed by atoms with E-state index in [-0.39, 0.29) is 17.7 Å². The van der Waals surface area contributed by atoms with E-state index in [4.69, 9.17) is 11.6 Å². The van der Waals surface area contributed by atoms with Crippen LogP contribution >= 0.6 is 11.6 Å². The van der Waals surface area contributed by atoms with Crippen LogP contribution in [0.4, 0.5) is 5.82 Å². The van der Waals surface area contributed by atoms with E-state index in [1.54, 1.807) is 18.3 Å². The van der Waals surface area contributed by atoms with Crippen molar-refractivity contribution in [2.24, 2.45) is 5.92 Å². The van der Waals surface area contributed by atoms with Crippen molar-refractivity contribution in [3.05, 3.63) is 59.2 Å². The first kappa shape index (κ1) is 15.5. The van der Waals surface area contributed by atoms with E-state index in [9.17, 15) is 4.79 Å². The van der Waals surface area contributed by atoms with E-state index in [2.05, 4.69) is 24.1 Å². The molecule has 2 rings (SSSR count). The van der Waals surface area contributed by atoms with E-state index < -0.39 is 0 Å². The molecular formula is C17H19ClN2O. The molecule has 0 saturated heterocycles. The smallest absolute Gasteiger partial charge is 0.233 e. The topological polar surface area (TPSA) is 42.0 Å². The molecule has 0 bridgehead atoms. The van der Waals surface area contributed by atoms with Gasteiger partial charge in [0.2, 0.25) is 5.91 Å². The predicted octanol–water partition coefficient (Wildman–Crippen LogP) is 4.50. The summed E-state index contributed by atoms with van der Waals surface area (Å²) in [6.45, 7) is 4.17. The SMILES string of the molecule is CCC(C)C(C(=O)Nc1cc(Cl)ccn1)c1ccccc1. The van der Waals surface area contributed by atoms with Crippen molar-refractivity contribution >= 4 is 23.3 Å². The minimum absolute atomic E-state index is 0.0506. The van der Waals surface area contributed by atoms with Crippen LogP contribution in [0.1, 0.15) is 31.7 Å². The number of rotatable bonds is 5. The Balaban J connectivity index is 2.23. The second-order valence-corrected chi connectivity index (χ2v) is 5.56. The summed E-state index contributed by atoms with van der Waals surface area (Å²) in [4.78, 5) is 16.8. The highest BCUT2D eigenvalue weighted by molar-refractivity contribution is 6.30. The molecular weight excluding hydrogens is 284 g/mol. The van der Waals surface area contributed by atoms with Gasteiger partial charge in [0, 0.05) is 11.2 Å². The van der Waals surface area contributed by atoms with Crippen LogP contribution in [0.2, 0.25) is 5.02 Å². The van der Waals surface area contributed by atoms with Crippen LogP contribution in [-0.2, 0) is 4.79 Å². The van der Waals surface area contributed by atoms with E-state index in [0.717, 1.165) is 12.0 Å². The Labute approximate surface area is 130 Å². The summed E-state index contributed by atoms with van der Waals surface area (Å²) in [7, 11) is 0. The molecule has 1 aromatic carbocycles. The highest BCUT2D eigenvalue weighted by Crippen LogP contribution is 2.28. The largest absolute Gasteiger partial charge is 0.310 e. The summed E-state index contributed by atoms with van der Waals surface area (Å²) in [5.41, 5.74) is 1.02. The van der Waals surface area contributed by atoms with Gasteiger partial charge in [-0.1, -0.05) is 62.2 Å². The van der Waals surface area contributed by atoms with Crippen LogP contribution in [0.25, 0.3) is 0 Å². The van der Waals surface area contributed by atoms with Crippen LogP contribution in [0.15, 0.2) is 48.7 Å². The molecule has 21 heavy (non-hydrogen) atoms. The number of halogens is 1. The number of hydrogen-bond acceptors (Lipinski definition) is 2. The minimum Gasteiger partial charge on any atom is -0.310 e. The molecule has 1 heterocycles. The average molecular weight is 303 g/mol. The number of anilines is 1. The van der Waals surface area contributed by atoms with Crippen molar-refractivity contribution in [3.8, 4) is 0 Å². The monoisotopic (exact) mass is 302 g/mol. The second-order valence-electron chi connectivity index (χ2n) is 5.12. The first-order valence-electron chi connectivity index (χ1n) is 7.09. The molecule has 2 unspecified atom stereocenters. The summed E-state index contributed by atoms with van der Waals surface area (Å²) >= 11 is 5.92. The summed E-state index contributed by atoms with van der Waals surface area (Å²) < 4.78 is 0. The van der Waals surface area contributed by atoms with Crippen LogP contribution in [0.5, 0.6) is 0 Å². The van der Waals surface area contributed by atoms with E-state index in [0.29, 0.717) is 10.8 Å². The zero-order valence-electron chi connectivity index (χ0n) is 12.2. The van der Waals surface area contributed by atoms with Crippen LogP contribution in [0.3, 0.4) is 0 Å². The van der Waals surface area contributed by atoms with Crippen LogP contribution < -0.4 is 5.32 Å². The number of benzene rings is 1. The predicted molar refractivity (Wildman–Crippen MR) is 86.5 cm³/mol. The van der Waals surface area contributed by atoms with Crippen molar-refractivity contribution in [3.63, 3.8) is 0 Å². The maximum absolute atomic E-state index is 12.6. The Morgan fingerprint density at radius 2 is 2.00 bits per heavy atom. The Morgan fingerprint density at radius 3 is 2.62 bits per heavy atom. The number of carbonyl (C=O) groups is 1. The van der Waals surface area contributed by atoms with E-state index in [1.807, 2.05) is 30.3 Å². The minimum atomic E-state index is -0.197. The number of carbonyl (C=O) groups excluding carboxylic acids is 1. The lowest BCUT2D eigenvalue weighted by molar-refractivity contribution is -0.118. The van der Waals surface area contributed by atoms with Crippen LogP contribution in [0, 0.1) is 5.92 Å². The van der Waals surface area contributed by atoms with Gasteiger partial charge < -0.3 is 5.32 Å². The highest BCUT2D eigenvalue weighted by atomic mass is 35.5. The molecule has 1 aromatic heterocycles. The summed E-state index contributed by atoms with van der Waals surface area (Å²) in [6, 6.07) is 13.2. The highest BCUT2D eigenvalue weighted by Gasteiger charge is 2.26. The Bertz CT molecular complexity index is 601. The summed E-state index contributed by atoms with van der Waals surface area (Å²) in [6.07, 6.45) is 2.51. The quantitative estimate of drug-likeness (QED) is 0.883. The molecule has 110 valence electrons. The van der Waals surface area contributed by atoms with Gasteiger partial charge in [0.25, 0.3) is 0 Å². The van der Waals surface area contributed by atoms with Crippen molar-refractivity contribution in [1.82, 2.24) is 4.98 Å². The molecule has 0 aliphatic rings. The number of nitrogens with zero attached hydrogens (tertiary/aromatic N) is 1. The van der Waals surface area contributed by atoms with Crippen molar-refractivity contribution in [1.29, 1.82) is 0 Å². The fraction of sp³-hybridized carbons (Fsp3) is 0.294. The third-order valence-corrected chi connectivity index (χ3v) is 3.86. The van der Waals surface area contributed by atoms with E-state index in [1.165, 1.54) is 0 Å². The lowest BCUT2D eigenvalue weighted by Crippen LogP contribution is -2.26. The second kappa shape index (κ2) is 7.23. The maximum Gasteiger partial charge on any atom is 0.233 e. The zero-order chi connectivity index (χ0) is 15.2. The molecule has 0 aliphatic heterocycles. The van der Waals surface area contributed by atoms with Gasteiger partial charge in [0.1, 0.15) is 5.82 Å². The standard InChI is InChI=1S/C17H19ClN2O/c1-3-12(2)16(13-7-5-4-6-8-13)17(21)20-15-11-14(18)9-10-19-15/h4-12,16H,3H2,1-2H3,(H,19,20,21). The fourth-order valence-corrected chi connectivity index (χ4v) is 2.47. The molecule has 0 radical (unpaired) electrons. The molecule has 1 amide bonds. The van der Waals surface area contributed by atoms with Gasteiger partial charge in [-0.05, 0) is 23.6 Å². The Hall–Kier alpha value is -1.87. The summed E-state index contributed by atoms with van der Waals surface area (Å²) in [5, 5.41) is 3.42. The van der Waals surface area contributed by atoms with E-state index >= 15 is 0 Å². The van der Waals surface area contributed by atoms with Gasteiger partial charge in [0.15, 0.2) is 0 Å². The molecule has 2 aromatic rings. The number of pyridine rings is 1. The third-order valence-electron chi connectivity index (χ3n) is 3.63. The normalized spacial score (nSPS) is 13.5. The number of hydrogen-bond donors (Lipinski definition) is 1. The van der Waals surface area contributed by atoms with Gasteiger partial charge in [-0.2, -0.15) is 0 Å². The molecule has 0 saturated carbocycles. The Morgan fingerprint density at radius 1 is 1.29 bits per heavy atom. The molecule has 0 fully saturated rings. The lowest BCUT2D eigenvalue weighted by Gasteiger charge is -2.22. The Kier molecular flexibility index (Phi) is 5.34. The number of aromatic nitrogens is 1. The fourth-order valence-electron chi connectivity index (χ4n) is 2.31. The lowest BCUT2D eigenvalue weighted by atomic mass is 9.85. The van der Waals surface area contributed by atoms with Gasteiger partial charge >= 0.3 is 0 Å². The average Bonchev–Trinajstić information content (AvgIpc) is 2.48. The number of nitrogens with one attached hydrogen (secondary N) is 1. The first-order chi connectivity index (χ1) is 10.1. The first-order valence-corrected chi connectivity index (χ1v) is 7.47. The van der Waals surface area contributed by atoms with Gasteiger partial charge in [-0.25, -0.2) is 4.98 Å². The number of amides is 1. The van der Waals surface area contributed by atoms with Crippen molar-refractivity contribution in [2.75, 3.05) is 5.32 Å². The molecule has 0 aliphatic carbocycles. The zero-order valence-corrected chi connectivity index (χ0v) is 13.0. The maximum atomic E-state index is 12.6. The molecule has 0 spiro atoms. The molecule has 1 N–H and O–H groups in total. The van der Waals surface area contributed by atoms with Gasteiger partial charge in [-0.3, -0.25) is 4.79 Å². The molecule has 3 nitrogen and oxygen atoms in total. The van der Waals surface area contributed by atoms with Gasteiger partial charge in [0.05, 0.1) is 5.92 Å².